The summed E-state index contributed by atoms with van der Waals surface area (Å²) in [5.74, 6) is -0.266. The van der Waals surface area contributed by atoms with E-state index in [2.05, 4.69) is 5.32 Å². The number of carbonyl (C=O) groups is 2. The average molecular weight is 585 g/mol. The maximum Gasteiger partial charge on any atom is 0.242 e. The molecule has 0 aliphatic heterocycles. The number of aryl methyl sites for hydroxylation is 2. The van der Waals surface area contributed by atoms with Gasteiger partial charge in [0.1, 0.15) is 6.04 Å². The van der Waals surface area contributed by atoms with Crippen LogP contribution in [0.1, 0.15) is 56.7 Å². The zero-order valence-corrected chi connectivity index (χ0v) is 25.4. The lowest BCUT2D eigenvalue weighted by Crippen LogP contribution is -2.49. The Hall–Kier alpha value is -2.29. The molecule has 2 aromatic carbocycles. The minimum absolute atomic E-state index is 0.0485. The number of nitrogens with zero attached hydrogens (tertiary/aromatic N) is 2. The van der Waals surface area contributed by atoms with Gasteiger partial charge in [0, 0.05) is 41.7 Å². The van der Waals surface area contributed by atoms with E-state index in [0.29, 0.717) is 34.3 Å². The van der Waals surface area contributed by atoms with Gasteiger partial charge in [0.15, 0.2) is 0 Å². The molecule has 0 radical (unpaired) electrons. The van der Waals surface area contributed by atoms with Gasteiger partial charge in [0.2, 0.25) is 21.8 Å². The van der Waals surface area contributed by atoms with Gasteiger partial charge < -0.3 is 10.2 Å². The second-order valence-electron chi connectivity index (χ2n) is 9.99. The molecule has 2 amide bonds. The molecule has 38 heavy (non-hydrogen) atoms. The van der Waals surface area contributed by atoms with Gasteiger partial charge in [-0.1, -0.05) is 56.1 Å². The molecular weight excluding hydrogens is 545 g/mol. The summed E-state index contributed by atoms with van der Waals surface area (Å²) in [6, 6.07) is 9.86. The van der Waals surface area contributed by atoms with E-state index in [4.69, 9.17) is 23.2 Å². The summed E-state index contributed by atoms with van der Waals surface area (Å²) in [6.45, 7) is 10.4. The van der Waals surface area contributed by atoms with Gasteiger partial charge in [0.05, 0.1) is 11.9 Å². The third kappa shape index (κ3) is 8.89. The van der Waals surface area contributed by atoms with Crippen LogP contribution in [0.2, 0.25) is 10.0 Å². The van der Waals surface area contributed by atoms with Gasteiger partial charge >= 0.3 is 0 Å². The lowest BCUT2D eigenvalue weighted by molar-refractivity contribution is -0.141. The van der Waals surface area contributed by atoms with Crippen molar-refractivity contribution in [2.45, 2.75) is 66.5 Å². The molecule has 0 saturated heterocycles. The Morgan fingerprint density at radius 3 is 2.18 bits per heavy atom. The molecule has 0 spiro atoms. The van der Waals surface area contributed by atoms with Crippen molar-refractivity contribution < 1.29 is 18.0 Å². The summed E-state index contributed by atoms with van der Waals surface area (Å²) >= 11 is 12.8. The summed E-state index contributed by atoms with van der Waals surface area (Å²) in [4.78, 5) is 28.2. The number of amides is 2. The molecule has 210 valence electrons. The lowest BCUT2D eigenvalue weighted by Gasteiger charge is -2.32. The molecular formula is C28H39Cl2N3O4S. The van der Waals surface area contributed by atoms with Gasteiger partial charge in [-0.3, -0.25) is 13.9 Å². The molecule has 0 aliphatic carbocycles. The van der Waals surface area contributed by atoms with Crippen LogP contribution >= 0.6 is 23.2 Å². The molecule has 2 rings (SSSR count). The molecule has 2 aromatic rings. The van der Waals surface area contributed by atoms with Gasteiger partial charge in [-0.05, 0) is 68.0 Å². The maximum atomic E-state index is 13.6. The number of anilines is 1. The Morgan fingerprint density at radius 2 is 1.66 bits per heavy atom. The highest BCUT2D eigenvalue weighted by molar-refractivity contribution is 7.92. The lowest BCUT2D eigenvalue weighted by atomic mass is 10.1. The van der Waals surface area contributed by atoms with Crippen molar-refractivity contribution in [2.24, 2.45) is 5.92 Å². The summed E-state index contributed by atoms with van der Waals surface area (Å²) in [5, 5.41) is 3.74. The monoisotopic (exact) mass is 583 g/mol. The third-order valence-electron chi connectivity index (χ3n) is 6.39. The third-order valence-corrected chi connectivity index (χ3v) is 8.29. The second-order valence-corrected chi connectivity index (χ2v) is 12.7. The highest BCUT2D eigenvalue weighted by atomic mass is 35.5. The number of benzene rings is 2. The van der Waals surface area contributed by atoms with Crippen LogP contribution in [0.25, 0.3) is 0 Å². The molecule has 1 atom stereocenters. The fourth-order valence-corrected chi connectivity index (χ4v) is 5.55. The van der Waals surface area contributed by atoms with E-state index >= 15 is 0 Å². The minimum Gasteiger partial charge on any atom is -0.354 e. The second kappa shape index (κ2) is 14.2. The normalized spacial score (nSPS) is 12.3. The Kier molecular flexibility index (Phi) is 11.9. The van der Waals surface area contributed by atoms with Crippen molar-refractivity contribution in [3.8, 4) is 0 Å². The van der Waals surface area contributed by atoms with E-state index in [1.165, 1.54) is 9.21 Å². The van der Waals surface area contributed by atoms with Gasteiger partial charge in [-0.2, -0.15) is 0 Å². The van der Waals surface area contributed by atoms with Crippen molar-refractivity contribution in [1.29, 1.82) is 0 Å². The molecule has 0 fully saturated rings. The van der Waals surface area contributed by atoms with Crippen LogP contribution in [0.15, 0.2) is 36.4 Å². The molecule has 0 bridgehead atoms. The molecule has 7 nitrogen and oxygen atoms in total. The fraction of sp³-hybridized carbons (Fsp3) is 0.500. The van der Waals surface area contributed by atoms with Crippen LogP contribution in [0.4, 0.5) is 5.69 Å². The number of nitrogens with one attached hydrogen (secondary N) is 1. The number of carbonyl (C=O) groups excluding carboxylic acids is 2. The van der Waals surface area contributed by atoms with Crippen LogP contribution in [0.3, 0.4) is 0 Å². The molecule has 0 saturated carbocycles. The predicted octanol–water partition coefficient (Wildman–Crippen LogP) is 5.74. The van der Waals surface area contributed by atoms with Crippen molar-refractivity contribution >= 4 is 50.7 Å². The first-order chi connectivity index (χ1) is 17.8. The van der Waals surface area contributed by atoms with Crippen LogP contribution in [0.5, 0.6) is 0 Å². The Labute approximate surface area is 237 Å². The summed E-state index contributed by atoms with van der Waals surface area (Å²) in [7, 11) is -3.57. The van der Waals surface area contributed by atoms with Crippen LogP contribution in [0, 0.1) is 19.8 Å². The van der Waals surface area contributed by atoms with E-state index in [-0.39, 0.29) is 43.7 Å². The maximum absolute atomic E-state index is 13.6. The SMILES string of the molecule is CCC(C(=O)NCC(C)C)N(Cc1c(Cl)cccc1Cl)C(=O)CCCN(c1ccc(C)c(C)c1)S(C)(=O)=O. The molecule has 10 heteroatoms. The van der Waals surface area contributed by atoms with Crippen molar-refractivity contribution in [3.63, 3.8) is 0 Å². The highest BCUT2D eigenvalue weighted by Gasteiger charge is 2.30. The van der Waals surface area contributed by atoms with Crippen molar-refractivity contribution in [1.82, 2.24) is 10.2 Å². The quantitative estimate of drug-likeness (QED) is 0.326. The number of sulfonamides is 1. The van der Waals surface area contributed by atoms with E-state index in [1.54, 1.807) is 24.3 Å². The fourth-order valence-electron chi connectivity index (χ4n) is 4.08. The van der Waals surface area contributed by atoms with Crippen LogP contribution in [-0.2, 0) is 26.2 Å². The highest BCUT2D eigenvalue weighted by Crippen LogP contribution is 2.28. The summed E-state index contributed by atoms with van der Waals surface area (Å²) in [5.41, 5.74) is 3.16. The number of hydrogen-bond acceptors (Lipinski definition) is 4. The number of halogens is 2. The van der Waals surface area contributed by atoms with E-state index in [9.17, 15) is 18.0 Å². The Bertz CT molecular complexity index is 1210. The number of hydrogen-bond donors (Lipinski definition) is 1. The average Bonchev–Trinajstić information content (AvgIpc) is 2.83. The summed E-state index contributed by atoms with van der Waals surface area (Å²) < 4.78 is 26.5. The summed E-state index contributed by atoms with van der Waals surface area (Å²) in [6.07, 6.45) is 1.88. The Balaban J connectivity index is 2.28. The van der Waals surface area contributed by atoms with Crippen LogP contribution < -0.4 is 9.62 Å². The van der Waals surface area contributed by atoms with E-state index < -0.39 is 16.1 Å². The number of rotatable bonds is 13. The molecule has 0 aliphatic rings. The first-order valence-electron chi connectivity index (χ1n) is 12.8. The molecule has 0 aromatic heterocycles. The van der Waals surface area contributed by atoms with E-state index in [0.717, 1.165) is 17.4 Å². The Morgan fingerprint density at radius 1 is 1.03 bits per heavy atom. The molecule has 0 heterocycles. The predicted molar refractivity (Wildman–Crippen MR) is 156 cm³/mol. The van der Waals surface area contributed by atoms with Crippen molar-refractivity contribution in [2.75, 3.05) is 23.7 Å². The van der Waals surface area contributed by atoms with Crippen molar-refractivity contribution in [3.05, 3.63) is 63.1 Å². The topological polar surface area (TPSA) is 86.8 Å². The largest absolute Gasteiger partial charge is 0.354 e. The van der Waals surface area contributed by atoms with Gasteiger partial charge in [-0.15, -0.1) is 0 Å². The minimum atomic E-state index is -3.57. The first-order valence-corrected chi connectivity index (χ1v) is 15.4. The van der Waals surface area contributed by atoms with Crippen LogP contribution in [-0.4, -0.2) is 50.5 Å². The van der Waals surface area contributed by atoms with Gasteiger partial charge in [0.25, 0.3) is 0 Å². The van der Waals surface area contributed by atoms with E-state index in [1.807, 2.05) is 46.8 Å². The van der Waals surface area contributed by atoms with Gasteiger partial charge in [-0.25, -0.2) is 8.42 Å². The molecule has 1 unspecified atom stereocenters. The smallest absolute Gasteiger partial charge is 0.242 e. The zero-order chi connectivity index (χ0) is 28.6. The first kappa shape index (κ1) is 31.9. The zero-order valence-electron chi connectivity index (χ0n) is 23.1. The standard InChI is InChI=1S/C28H39Cl2N3O4S/c1-7-26(28(35)31-17-19(2)3)32(18-23-24(29)10-8-11-25(23)30)27(34)12-9-15-33(38(6,36)37)22-14-13-20(4)21(5)16-22/h8,10-11,13-14,16,19,26H,7,9,12,15,17-18H2,1-6H3,(H,31,35). The molecule has 1 N–H and O–H groups in total.